The zero-order valence-corrected chi connectivity index (χ0v) is 11.1. The molecule has 0 radical (unpaired) electrons. The molecular formula is C14H10ClN2S+. The minimum atomic E-state index is 0.594. The lowest BCUT2D eigenvalue weighted by Crippen LogP contribution is -2.30. The first kappa shape index (κ1) is 11.3. The second-order valence-corrected chi connectivity index (χ2v) is 5.18. The predicted octanol–water partition coefficient (Wildman–Crippen LogP) is 3.24. The number of aromatic nitrogens is 2. The van der Waals surface area contributed by atoms with E-state index >= 15 is 0 Å². The molecule has 0 atom stereocenters. The SMILES string of the molecule is C#CC[n+]1ccn2c(-c3ccc(Cl)cc3)csc21. The summed E-state index contributed by atoms with van der Waals surface area (Å²) in [6.45, 7) is 0.594. The van der Waals surface area contributed by atoms with Gasteiger partial charge in [-0.25, -0.2) is 4.57 Å². The molecule has 0 amide bonds. The monoisotopic (exact) mass is 273 g/mol. The molecule has 0 aliphatic rings. The van der Waals surface area contributed by atoms with Crippen molar-refractivity contribution < 1.29 is 4.57 Å². The highest BCUT2D eigenvalue weighted by atomic mass is 35.5. The summed E-state index contributed by atoms with van der Waals surface area (Å²) in [4.78, 5) is 1.14. The number of terminal acetylenes is 1. The van der Waals surface area contributed by atoms with E-state index in [9.17, 15) is 0 Å². The van der Waals surface area contributed by atoms with Gasteiger partial charge in [0.25, 0.3) is 0 Å². The number of fused-ring (bicyclic) bond motifs is 1. The Morgan fingerprint density at radius 3 is 2.83 bits per heavy atom. The molecule has 88 valence electrons. The molecule has 0 aliphatic heterocycles. The number of benzene rings is 1. The van der Waals surface area contributed by atoms with Crippen LogP contribution in [0.1, 0.15) is 0 Å². The lowest BCUT2D eigenvalue weighted by Gasteiger charge is -1.95. The number of halogens is 1. The first-order valence-corrected chi connectivity index (χ1v) is 6.73. The molecule has 0 aliphatic carbocycles. The van der Waals surface area contributed by atoms with Crippen molar-refractivity contribution in [2.45, 2.75) is 6.54 Å². The Morgan fingerprint density at radius 1 is 1.33 bits per heavy atom. The summed E-state index contributed by atoms with van der Waals surface area (Å²) in [7, 11) is 0. The van der Waals surface area contributed by atoms with Gasteiger partial charge in [-0.15, -0.1) is 6.42 Å². The van der Waals surface area contributed by atoms with Crippen LogP contribution >= 0.6 is 22.9 Å². The van der Waals surface area contributed by atoms with Crippen molar-refractivity contribution in [2.24, 2.45) is 0 Å². The van der Waals surface area contributed by atoms with Gasteiger partial charge in [0, 0.05) is 16.0 Å². The van der Waals surface area contributed by atoms with Gasteiger partial charge < -0.3 is 0 Å². The van der Waals surface area contributed by atoms with Crippen molar-refractivity contribution >= 4 is 27.9 Å². The number of rotatable bonds is 2. The zero-order chi connectivity index (χ0) is 12.5. The maximum atomic E-state index is 5.91. The first-order chi connectivity index (χ1) is 8.79. The molecule has 2 nitrogen and oxygen atoms in total. The molecule has 0 saturated heterocycles. The van der Waals surface area contributed by atoms with Gasteiger partial charge in [0.05, 0.1) is 0 Å². The molecular weight excluding hydrogens is 264 g/mol. The fourth-order valence-electron chi connectivity index (χ4n) is 1.93. The largest absolute Gasteiger partial charge is 0.346 e. The fourth-order valence-corrected chi connectivity index (χ4v) is 3.06. The van der Waals surface area contributed by atoms with E-state index in [-0.39, 0.29) is 0 Å². The van der Waals surface area contributed by atoms with E-state index in [1.165, 1.54) is 0 Å². The Labute approximate surface area is 114 Å². The van der Waals surface area contributed by atoms with Crippen LogP contribution in [0.25, 0.3) is 16.2 Å². The third-order valence-electron chi connectivity index (χ3n) is 2.78. The molecule has 0 saturated carbocycles. The number of nitrogens with zero attached hydrogens (tertiary/aromatic N) is 2. The Kier molecular flexibility index (Phi) is 2.83. The molecule has 4 heteroatoms. The quantitative estimate of drug-likeness (QED) is 0.500. The highest BCUT2D eigenvalue weighted by Crippen LogP contribution is 2.25. The highest BCUT2D eigenvalue weighted by Gasteiger charge is 2.16. The van der Waals surface area contributed by atoms with Crippen molar-refractivity contribution in [1.29, 1.82) is 0 Å². The van der Waals surface area contributed by atoms with Crippen LogP contribution in [-0.2, 0) is 6.54 Å². The minimum absolute atomic E-state index is 0.594. The minimum Gasteiger partial charge on any atom is -0.210 e. The Morgan fingerprint density at radius 2 is 2.11 bits per heavy atom. The molecule has 3 rings (SSSR count). The van der Waals surface area contributed by atoms with E-state index in [1.54, 1.807) is 11.3 Å². The lowest BCUT2D eigenvalue weighted by atomic mass is 10.2. The van der Waals surface area contributed by atoms with Gasteiger partial charge in [-0.05, 0) is 24.3 Å². The average molecular weight is 274 g/mol. The van der Waals surface area contributed by atoms with E-state index in [0.717, 1.165) is 21.2 Å². The van der Waals surface area contributed by atoms with Gasteiger partial charge in [-0.2, -0.15) is 4.40 Å². The topological polar surface area (TPSA) is 8.29 Å². The van der Waals surface area contributed by atoms with E-state index < -0.39 is 0 Å². The third kappa shape index (κ3) is 1.80. The summed E-state index contributed by atoms with van der Waals surface area (Å²) >= 11 is 7.59. The van der Waals surface area contributed by atoms with Crippen LogP contribution < -0.4 is 4.57 Å². The molecule has 1 aromatic carbocycles. The number of imidazole rings is 1. The van der Waals surface area contributed by atoms with Crippen LogP contribution in [0.3, 0.4) is 0 Å². The smallest absolute Gasteiger partial charge is 0.210 e. The molecule has 0 bridgehead atoms. The highest BCUT2D eigenvalue weighted by molar-refractivity contribution is 7.15. The number of hydrogen-bond donors (Lipinski definition) is 0. The summed E-state index contributed by atoms with van der Waals surface area (Å²) in [6, 6.07) is 7.85. The van der Waals surface area contributed by atoms with Gasteiger partial charge in [0.2, 0.25) is 0 Å². The molecule has 0 spiro atoms. The van der Waals surface area contributed by atoms with Gasteiger partial charge in [-0.3, -0.25) is 0 Å². The maximum Gasteiger partial charge on any atom is 0.346 e. The number of thiazole rings is 1. The van der Waals surface area contributed by atoms with Crippen LogP contribution in [0.15, 0.2) is 42.0 Å². The Balaban J connectivity index is 2.13. The third-order valence-corrected chi connectivity index (χ3v) is 4.02. The van der Waals surface area contributed by atoms with Crippen molar-refractivity contribution in [3.8, 4) is 23.6 Å². The van der Waals surface area contributed by atoms with Crippen LogP contribution in [0.4, 0.5) is 0 Å². The van der Waals surface area contributed by atoms with Crippen LogP contribution in [0.2, 0.25) is 5.02 Å². The summed E-state index contributed by atoms with van der Waals surface area (Å²) in [5, 5.41) is 2.88. The lowest BCUT2D eigenvalue weighted by molar-refractivity contribution is -0.656. The van der Waals surface area contributed by atoms with Crippen molar-refractivity contribution in [3.05, 3.63) is 47.1 Å². The van der Waals surface area contributed by atoms with Gasteiger partial charge in [-0.1, -0.05) is 28.9 Å². The maximum absolute atomic E-state index is 5.91. The fraction of sp³-hybridized carbons (Fsp3) is 0.0714. The van der Waals surface area contributed by atoms with Crippen molar-refractivity contribution in [3.63, 3.8) is 0 Å². The van der Waals surface area contributed by atoms with Crippen molar-refractivity contribution in [2.75, 3.05) is 0 Å². The average Bonchev–Trinajstić information content (AvgIpc) is 2.94. The molecule has 0 N–H and O–H groups in total. The van der Waals surface area contributed by atoms with Crippen LogP contribution in [-0.4, -0.2) is 4.40 Å². The van der Waals surface area contributed by atoms with Gasteiger partial charge >= 0.3 is 4.96 Å². The van der Waals surface area contributed by atoms with E-state index in [2.05, 4.69) is 20.3 Å². The number of hydrogen-bond acceptors (Lipinski definition) is 1. The molecule has 18 heavy (non-hydrogen) atoms. The predicted molar refractivity (Wildman–Crippen MR) is 74.7 cm³/mol. The standard InChI is InChI=1S/C14H10ClN2S/c1-2-7-16-8-9-17-13(10-18-14(16)17)11-3-5-12(15)6-4-11/h1,3-6,8-10H,7H2/q+1. The van der Waals surface area contributed by atoms with Crippen molar-refractivity contribution in [1.82, 2.24) is 4.40 Å². The second kappa shape index (κ2) is 4.49. The summed E-state index contributed by atoms with van der Waals surface area (Å²) in [5.74, 6) is 2.66. The van der Waals surface area contributed by atoms with E-state index in [4.69, 9.17) is 18.0 Å². The summed E-state index contributed by atoms with van der Waals surface area (Å²) < 4.78 is 4.20. The van der Waals surface area contributed by atoms with Gasteiger partial charge in [0.1, 0.15) is 12.4 Å². The first-order valence-electron chi connectivity index (χ1n) is 5.47. The molecule has 2 heterocycles. The summed E-state index contributed by atoms with van der Waals surface area (Å²) in [6.07, 6.45) is 9.40. The van der Waals surface area contributed by atoms with Gasteiger partial charge in [0.15, 0.2) is 12.2 Å². The van der Waals surface area contributed by atoms with Crippen LogP contribution in [0, 0.1) is 12.3 Å². The molecule has 2 aromatic heterocycles. The van der Waals surface area contributed by atoms with E-state index in [0.29, 0.717) is 6.54 Å². The van der Waals surface area contributed by atoms with Crippen LogP contribution in [0.5, 0.6) is 0 Å². The van der Waals surface area contributed by atoms with E-state index in [1.807, 2.05) is 36.7 Å². The molecule has 0 unspecified atom stereocenters. The Hall–Kier alpha value is -1.76. The molecule has 3 aromatic rings. The summed E-state index contributed by atoms with van der Waals surface area (Å²) in [5.41, 5.74) is 2.30. The Bertz CT molecular complexity index is 731. The second-order valence-electron chi connectivity index (χ2n) is 3.91. The normalized spacial score (nSPS) is 10.7. The zero-order valence-electron chi connectivity index (χ0n) is 9.51. The molecule has 0 fully saturated rings.